The first-order valence-corrected chi connectivity index (χ1v) is 12.6. The number of nitrogens with two attached hydrogens (primary N) is 1. The highest BCUT2D eigenvalue weighted by Gasteiger charge is 2.61. The van der Waals surface area contributed by atoms with Crippen molar-refractivity contribution < 1.29 is 14.3 Å². The summed E-state index contributed by atoms with van der Waals surface area (Å²) in [5.74, 6) is 1.92. The highest BCUT2D eigenvalue weighted by molar-refractivity contribution is 5.97. The number of para-hydroxylation sites is 1. The maximum atomic E-state index is 13.5. The molecule has 1 aromatic carbocycles. The van der Waals surface area contributed by atoms with E-state index in [4.69, 9.17) is 10.5 Å². The lowest BCUT2D eigenvalue weighted by Crippen LogP contribution is -2.67. The van der Waals surface area contributed by atoms with Gasteiger partial charge in [0, 0.05) is 17.0 Å². The molecule has 3 aliphatic carbocycles. The van der Waals surface area contributed by atoms with Crippen molar-refractivity contribution in [2.45, 2.75) is 77.3 Å². The van der Waals surface area contributed by atoms with Gasteiger partial charge in [0.15, 0.2) is 0 Å². The summed E-state index contributed by atoms with van der Waals surface area (Å²) in [4.78, 5) is 28.4. The van der Waals surface area contributed by atoms with E-state index >= 15 is 0 Å². The number of methoxy groups -OCH3 is 1. The second-order valence-corrected chi connectivity index (χ2v) is 11.6. The molecule has 1 heterocycles. The third-order valence-electron chi connectivity index (χ3n) is 10.2. The summed E-state index contributed by atoms with van der Waals surface area (Å²) < 4.78 is 5.61. The van der Waals surface area contributed by atoms with Crippen LogP contribution in [0.3, 0.4) is 0 Å². The van der Waals surface area contributed by atoms with Crippen molar-refractivity contribution in [1.29, 1.82) is 0 Å². The van der Waals surface area contributed by atoms with Gasteiger partial charge in [0.05, 0.1) is 7.11 Å². The molecule has 1 aromatic rings. The van der Waals surface area contributed by atoms with Crippen molar-refractivity contribution in [1.82, 2.24) is 4.90 Å². The van der Waals surface area contributed by atoms with E-state index in [1.165, 1.54) is 32.1 Å². The highest BCUT2D eigenvalue weighted by atomic mass is 16.5. The largest absolute Gasteiger partial charge is 0.496 e. The summed E-state index contributed by atoms with van der Waals surface area (Å²) in [6.07, 6.45) is 12.4. The lowest BCUT2D eigenvalue weighted by molar-refractivity contribution is -0.160. The van der Waals surface area contributed by atoms with Crippen molar-refractivity contribution in [3.63, 3.8) is 0 Å². The number of carbonyl (C=O) groups is 2. The fraction of sp³-hybridized carbons (Fsp3) is 0.643. The Kier molecular flexibility index (Phi) is 5.19. The lowest BCUT2D eigenvalue weighted by atomic mass is 9.48. The topological polar surface area (TPSA) is 72.6 Å². The van der Waals surface area contributed by atoms with Crippen LogP contribution >= 0.6 is 0 Å². The molecule has 0 aromatic heterocycles. The lowest BCUT2D eigenvalue weighted by Gasteiger charge is -2.62. The van der Waals surface area contributed by atoms with E-state index in [0.717, 1.165) is 18.8 Å². The molecule has 33 heavy (non-hydrogen) atoms. The van der Waals surface area contributed by atoms with E-state index in [9.17, 15) is 9.59 Å². The van der Waals surface area contributed by atoms with Gasteiger partial charge in [0.2, 0.25) is 11.8 Å². The molecule has 1 aliphatic heterocycles. The van der Waals surface area contributed by atoms with Crippen LogP contribution in [-0.4, -0.2) is 29.9 Å². The molecule has 7 atom stereocenters. The standard InChI is InChI=1S/C28H38N2O3/c1-26-15-7-9-19(26)18-11-12-23-27(2,20(18)13-16-26)17-14-24(31)30(23)28(3,25(29)32)21-8-5-6-10-22(21)33-4/h5-6,8,10,14,17-20,23H,7,9,11-13,15-16H2,1-4H3,(H2,29,32)/t18-,19-,20+,23?,26-,27+,28?/m0/s1. The van der Waals surface area contributed by atoms with Gasteiger partial charge < -0.3 is 15.4 Å². The third-order valence-corrected chi connectivity index (χ3v) is 10.2. The van der Waals surface area contributed by atoms with Gasteiger partial charge in [-0.15, -0.1) is 0 Å². The van der Waals surface area contributed by atoms with Gasteiger partial charge in [-0.2, -0.15) is 0 Å². The number of fused-ring (bicyclic) bond motifs is 5. The Morgan fingerprint density at radius 3 is 2.61 bits per heavy atom. The van der Waals surface area contributed by atoms with Crippen LogP contribution in [0, 0.1) is 28.6 Å². The number of nitrogens with zero attached hydrogens (tertiary/aromatic N) is 1. The summed E-state index contributed by atoms with van der Waals surface area (Å²) in [5, 5.41) is 0. The number of amides is 2. The molecular formula is C28H38N2O3. The molecule has 0 bridgehead atoms. The van der Waals surface area contributed by atoms with Gasteiger partial charge in [-0.05, 0) is 80.8 Å². The number of hydrogen-bond donors (Lipinski definition) is 1. The van der Waals surface area contributed by atoms with Crippen molar-refractivity contribution in [2.75, 3.05) is 7.11 Å². The third kappa shape index (κ3) is 3.03. The first kappa shape index (κ1) is 22.5. The van der Waals surface area contributed by atoms with Crippen LogP contribution < -0.4 is 10.5 Å². The molecule has 2 amide bonds. The fourth-order valence-electron chi connectivity index (χ4n) is 8.45. The van der Waals surface area contributed by atoms with Crippen molar-refractivity contribution in [2.24, 2.45) is 34.3 Å². The molecular weight excluding hydrogens is 412 g/mol. The number of rotatable bonds is 4. The minimum Gasteiger partial charge on any atom is -0.496 e. The minimum atomic E-state index is -1.29. The predicted molar refractivity (Wildman–Crippen MR) is 128 cm³/mol. The quantitative estimate of drug-likeness (QED) is 0.716. The smallest absolute Gasteiger partial charge is 0.247 e. The van der Waals surface area contributed by atoms with Gasteiger partial charge in [-0.25, -0.2) is 0 Å². The summed E-state index contributed by atoms with van der Waals surface area (Å²) in [5.41, 5.74) is 5.77. The van der Waals surface area contributed by atoms with Gasteiger partial charge in [0.1, 0.15) is 11.3 Å². The normalized spacial score (nSPS) is 39.3. The van der Waals surface area contributed by atoms with Crippen LogP contribution in [0.5, 0.6) is 5.75 Å². The number of benzene rings is 1. The van der Waals surface area contributed by atoms with E-state index in [2.05, 4.69) is 19.9 Å². The monoisotopic (exact) mass is 450 g/mol. The number of carbonyl (C=O) groups excluding carboxylic acids is 2. The Morgan fingerprint density at radius 2 is 1.88 bits per heavy atom. The van der Waals surface area contributed by atoms with Crippen LogP contribution in [0.15, 0.2) is 36.4 Å². The molecule has 178 valence electrons. The highest BCUT2D eigenvalue weighted by Crippen LogP contribution is 2.64. The average Bonchev–Trinajstić information content (AvgIpc) is 3.20. The Bertz CT molecular complexity index is 1000. The molecule has 0 radical (unpaired) electrons. The van der Waals surface area contributed by atoms with Crippen LogP contribution in [-0.2, 0) is 15.1 Å². The fourth-order valence-corrected chi connectivity index (χ4v) is 8.45. The van der Waals surface area contributed by atoms with E-state index in [1.807, 2.05) is 29.2 Å². The Labute approximate surface area is 197 Å². The zero-order valence-electron chi connectivity index (χ0n) is 20.5. The van der Waals surface area contributed by atoms with E-state index < -0.39 is 11.4 Å². The molecule has 0 spiro atoms. The SMILES string of the molecule is COc1ccccc1C(C)(C(N)=O)N1C(=O)C=C[C@@]2(C)C1CC[C@@H]1[C@H]2CC[C@]2(C)CCC[C@@H]12. The summed E-state index contributed by atoms with van der Waals surface area (Å²) in [6.45, 7) is 6.63. The summed E-state index contributed by atoms with van der Waals surface area (Å²) in [7, 11) is 1.59. The van der Waals surface area contributed by atoms with Crippen LogP contribution in [0.2, 0.25) is 0 Å². The van der Waals surface area contributed by atoms with Crippen molar-refractivity contribution in [3.8, 4) is 5.75 Å². The molecule has 2 unspecified atom stereocenters. The Morgan fingerprint density at radius 1 is 1.12 bits per heavy atom. The van der Waals surface area contributed by atoms with E-state index in [-0.39, 0.29) is 17.4 Å². The molecule has 3 fully saturated rings. The van der Waals surface area contributed by atoms with Gasteiger partial charge in [-0.3, -0.25) is 9.59 Å². The van der Waals surface area contributed by atoms with E-state index in [1.54, 1.807) is 20.1 Å². The molecule has 3 saturated carbocycles. The molecule has 2 N–H and O–H groups in total. The maximum absolute atomic E-state index is 13.5. The van der Waals surface area contributed by atoms with Crippen LogP contribution in [0.1, 0.15) is 71.3 Å². The number of primary amides is 1. The first-order chi connectivity index (χ1) is 15.7. The van der Waals surface area contributed by atoms with Crippen LogP contribution in [0.25, 0.3) is 0 Å². The molecule has 5 nitrogen and oxygen atoms in total. The van der Waals surface area contributed by atoms with Gasteiger partial charge >= 0.3 is 0 Å². The second kappa shape index (κ2) is 7.61. The first-order valence-electron chi connectivity index (χ1n) is 12.6. The molecule has 5 heteroatoms. The number of ether oxygens (including phenoxy) is 1. The Balaban J connectivity index is 1.59. The van der Waals surface area contributed by atoms with Gasteiger partial charge in [-0.1, -0.05) is 44.5 Å². The zero-order valence-corrected chi connectivity index (χ0v) is 20.5. The van der Waals surface area contributed by atoms with Crippen molar-refractivity contribution in [3.05, 3.63) is 42.0 Å². The average molecular weight is 451 g/mol. The Hall–Kier alpha value is -2.30. The minimum absolute atomic E-state index is 0.0654. The maximum Gasteiger partial charge on any atom is 0.247 e. The number of hydrogen-bond acceptors (Lipinski definition) is 3. The summed E-state index contributed by atoms with van der Waals surface area (Å²) >= 11 is 0. The predicted octanol–water partition coefficient (Wildman–Crippen LogP) is 4.80. The van der Waals surface area contributed by atoms with E-state index in [0.29, 0.717) is 28.6 Å². The molecule has 0 saturated heterocycles. The summed E-state index contributed by atoms with van der Waals surface area (Å²) in [6, 6.07) is 7.38. The van der Waals surface area contributed by atoms with Crippen LogP contribution in [0.4, 0.5) is 0 Å². The second-order valence-electron chi connectivity index (χ2n) is 11.6. The van der Waals surface area contributed by atoms with Crippen molar-refractivity contribution >= 4 is 11.8 Å². The molecule has 4 aliphatic rings. The van der Waals surface area contributed by atoms with Gasteiger partial charge in [0.25, 0.3) is 0 Å². The molecule has 5 rings (SSSR count). The zero-order chi connectivity index (χ0) is 23.6.